The van der Waals surface area contributed by atoms with E-state index in [-0.39, 0.29) is 6.61 Å². The molecule has 0 spiro atoms. The number of aliphatic hydroxyl groups is 1. The summed E-state index contributed by atoms with van der Waals surface area (Å²) in [6.07, 6.45) is 2.91. The van der Waals surface area contributed by atoms with Gasteiger partial charge in [0.15, 0.2) is 0 Å². The van der Waals surface area contributed by atoms with Gasteiger partial charge in [0, 0.05) is 18.7 Å². The van der Waals surface area contributed by atoms with Gasteiger partial charge < -0.3 is 9.67 Å². The Kier molecular flexibility index (Phi) is 4.14. The minimum atomic E-state index is 0.194. The summed E-state index contributed by atoms with van der Waals surface area (Å²) >= 11 is 0. The van der Waals surface area contributed by atoms with Crippen LogP contribution in [0.4, 0.5) is 0 Å². The van der Waals surface area contributed by atoms with Crippen molar-refractivity contribution in [2.24, 2.45) is 0 Å². The molecule has 0 saturated heterocycles. The van der Waals surface area contributed by atoms with Crippen LogP contribution in [0, 0.1) is 0 Å². The molecule has 0 aromatic carbocycles. The predicted molar refractivity (Wildman–Crippen MR) is 57.4 cm³/mol. The molecular formula is C11H20N2O. The number of aromatic nitrogens is 2. The molecule has 14 heavy (non-hydrogen) atoms. The zero-order valence-electron chi connectivity index (χ0n) is 9.38. The summed E-state index contributed by atoms with van der Waals surface area (Å²) in [7, 11) is 0. The Labute approximate surface area is 85.8 Å². The second-order valence-corrected chi connectivity index (χ2v) is 3.36. The normalized spacial score (nSPS) is 10.9. The SMILES string of the molecule is CCc1nc(CC)n(CCO)c1CC. The van der Waals surface area contributed by atoms with E-state index in [1.807, 2.05) is 0 Å². The molecule has 0 aliphatic carbocycles. The highest BCUT2D eigenvalue weighted by Crippen LogP contribution is 2.14. The van der Waals surface area contributed by atoms with E-state index < -0.39 is 0 Å². The third-order valence-electron chi connectivity index (χ3n) is 2.54. The minimum absolute atomic E-state index is 0.194. The Hall–Kier alpha value is -0.830. The first-order chi connectivity index (χ1) is 6.78. The smallest absolute Gasteiger partial charge is 0.108 e. The van der Waals surface area contributed by atoms with E-state index in [0.29, 0.717) is 6.54 Å². The first-order valence-electron chi connectivity index (χ1n) is 5.46. The molecule has 3 nitrogen and oxygen atoms in total. The molecule has 0 amide bonds. The van der Waals surface area contributed by atoms with Gasteiger partial charge in [-0.1, -0.05) is 20.8 Å². The van der Waals surface area contributed by atoms with Gasteiger partial charge >= 0.3 is 0 Å². The summed E-state index contributed by atoms with van der Waals surface area (Å²) in [6.45, 7) is 7.25. The Bertz CT molecular complexity index is 292. The molecule has 0 aliphatic rings. The van der Waals surface area contributed by atoms with Gasteiger partial charge in [0.1, 0.15) is 5.82 Å². The monoisotopic (exact) mass is 196 g/mol. The lowest BCUT2D eigenvalue weighted by Crippen LogP contribution is -2.09. The Morgan fingerprint density at radius 2 is 1.86 bits per heavy atom. The molecule has 1 rings (SSSR count). The van der Waals surface area contributed by atoms with E-state index >= 15 is 0 Å². The van der Waals surface area contributed by atoms with Crippen LogP contribution in [0.1, 0.15) is 38.0 Å². The van der Waals surface area contributed by atoms with Gasteiger partial charge in [0.05, 0.1) is 12.3 Å². The summed E-state index contributed by atoms with van der Waals surface area (Å²) in [5.41, 5.74) is 2.48. The molecule has 0 radical (unpaired) electrons. The van der Waals surface area contributed by atoms with Crippen molar-refractivity contribution in [2.45, 2.75) is 46.6 Å². The van der Waals surface area contributed by atoms with Crippen molar-refractivity contribution < 1.29 is 5.11 Å². The van der Waals surface area contributed by atoms with Gasteiger partial charge in [-0.25, -0.2) is 4.98 Å². The summed E-state index contributed by atoms with van der Waals surface area (Å²) in [6, 6.07) is 0. The van der Waals surface area contributed by atoms with E-state index in [0.717, 1.165) is 25.1 Å². The lowest BCUT2D eigenvalue weighted by atomic mass is 10.2. The second kappa shape index (κ2) is 5.15. The van der Waals surface area contributed by atoms with Crippen molar-refractivity contribution in [2.75, 3.05) is 6.61 Å². The molecule has 1 N–H and O–H groups in total. The maximum Gasteiger partial charge on any atom is 0.108 e. The number of aryl methyl sites for hydroxylation is 2. The number of hydrogen-bond donors (Lipinski definition) is 1. The lowest BCUT2D eigenvalue weighted by molar-refractivity contribution is 0.272. The Morgan fingerprint density at radius 1 is 1.14 bits per heavy atom. The standard InChI is InChI=1S/C11H20N2O/c1-4-9-10(5-2)13(7-8-14)11(6-3)12-9/h14H,4-8H2,1-3H3. The first kappa shape index (κ1) is 11.2. The molecule has 80 valence electrons. The fourth-order valence-corrected chi connectivity index (χ4v) is 1.90. The maximum absolute atomic E-state index is 8.99. The number of aliphatic hydroxyl groups excluding tert-OH is 1. The summed E-state index contributed by atoms with van der Waals surface area (Å²) < 4.78 is 2.17. The van der Waals surface area contributed by atoms with Crippen molar-refractivity contribution in [1.82, 2.24) is 9.55 Å². The van der Waals surface area contributed by atoms with Crippen LogP contribution in [0.25, 0.3) is 0 Å². The highest BCUT2D eigenvalue weighted by molar-refractivity contribution is 5.17. The number of imidazole rings is 1. The molecule has 0 fully saturated rings. The summed E-state index contributed by atoms with van der Waals surface area (Å²) in [5, 5.41) is 8.99. The summed E-state index contributed by atoms with van der Waals surface area (Å²) in [5.74, 6) is 1.10. The van der Waals surface area contributed by atoms with Crippen LogP contribution in [0.15, 0.2) is 0 Å². The fourth-order valence-electron chi connectivity index (χ4n) is 1.90. The Morgan fingerprint density at radius 3 is 2.29 bits per heavy atom. The van der Waals surface area contributed by atoms with E-state index in [1.165, 1.54) is 11.4 Å². The molecule has 0 bridgehead atoms. The van der Waals surface area contributed by atoms with Crippen LogP contribution in [-0.4, -0.2) is 21.3 Å². The van der Waals surface area contributed by atoms with Crippen LogP contribution in [0.2, 0.25) is 0 Å². The van der Waals surface area contributed by atoms with E-state index in [2.05, 4.69) is 30.3 Å². The molecular weight excluding hydrogens is 176 g/mol. The first-order valence-corrected chi connectivity index (χ1v) is 5.46. The molecule has 0 aliphatic heterocycles. The van der Waals surface area contributed by atoms with Crippen LogP contribution in [-0.2, 0) is 25.8 Å². The molecule has 3 heteroatoms. The lowest BCUT2D eigenvalue weighted by Gasteiger charge is -2.08. The van der Waals surface area contributed by atoms with Gasteiger partial charge in [-0.3, -0.25) is 0 Å². The largest absolute Gasteiger partial charge is 0.395 e. The van der Waals surface area contributed by atoms with Crippen molar-refractivity contribution in [3.63, 3.8) is 0 Å². The van der Waals surface area contributed by atoms with Gasteiger partial charge in [-0.15, -0.1) is 0 Å². The number of hydrogen-bond acceptors (Lipinski definition) is 2. The zero-order valence-corrected chi connectivity index (χ0v) is 9.38. The van der Waals surface area contributed by atoms with Crippen LogP contribution < -0.4 is 0 Å². The molecule has 1 heterocycles. The van der Waals surface area contributed by atoms with Gasteiger partial charge in [0.25, 0.3) is 0 Å². The van der Waals surface area contributed by atoms with Gasteiger partial charge in [-0.05, 0) is 12.8 Å². The Balaban J connectivity index is 3.11. The topological polar surface area (TPSA) is 38.0 Å². The highest BCUT2D eigenvalue weighted by atomic mass is 16.3. The zero-order chi connectivity index (χ0) is 10.6. The van der Waals surface area contributed by atoms with Crippen molar-refractivity contribution in [1.29, 1.82) is 0 Å². The van der Waals surface area contributed by atoms with Crippen LogP contribution in [0.5, 0.6) is 0 Å². The van der Waals surface area contributed by atoms with Crippen LogP contribution >= 0.6 is 0 Å². The summed E-state index contributed by atoms with van der Waals surface area (Å²) in [4.78, 5) is 4.59. The van der Waals surface area contributed by atoms with E-state index in [9.17, 15) is 0 Å². The minimum Gasteiger partial charge on any atom is -0.395 e. The van der Waals surface area contributed by atoms with Crippen molar-refractivity contribution >= 4 is 0 Å². The van der Waals surface area contributed by atoms with Crippen molar-refractivity contribution in [3.05, 3.63) is 17.2 Å². The van der Waals surface area contributed by atoms with Gasteiger partial charge in [0.2, 0.25) is 0 Å². The van der Waals surface area contributed by atoms with Crippen LogP contribution in [0.3, 0.4) is 0 Å². The van der Waals surface area contributed by atoms with E-state index in [4.69, 9.17) is 5.11 Å². The molecule has 0 saturated carbocycles. The fraction of sp³-hybridized carbons (Fsp3) is 0.727. The quantitative estimate of drug-likeness (QED) is 0.776. The molecule has 0 atom stereocenters. The maximum atomic E-state index is 8.99. The molecule has 1 aromatic rings. The van der Waals surface area contributed by atoms with Crippen molar-refractivity contribution in [3.8, 4) is 0 Å². The second-order valence-electron chi connectivity index (χ2n) is 3.36. The van der Waals surface area contributed by atoms with Gasteiger partial charge in [-0.2, -0.15) is 0 Å². The number of rotatable bonds is 5. The highest BCUT2D eigenvalue weighted by Gasteiger charge is 2.12. The molecule has 1 aromatic heterocycles. The number of nitrogens with zero attached hydrogens (tertiary/aromatic N) is 2. The predicted octanol–water partition coefficient (Wildman–Crippen LogP) is 1.56. The average molecular weight is 196 g/mol. The molecule has 0 unspecified atom stereocenters. The third kappa shape index (κ3) is 1.98. The van der Waals surface area contributed by atoms with E-state index in [1.54, 1.807) is 0 Å². The average Bonchev–Trinajstić information content (AvgIpc) is 2.56. The third-order valence-corrected chi connectivity index (χ3v) is 2.54.